The van der Waals surface area contributed by atoms with Gasteiger partial charge in [0.1, 0.15) is 5.82 Å². The topological polar surface area (TPSA) is 68.7 Å². The van der Waals surface area contributed by atoms with Gasteiger partial charge in [0.2, 0.25) is 0 Å². The number of aliphatic hydroxyl groups excluding tert-OH is 1. The van der Waals surface area contributed by atoms with Gasteiger partial charge in [-0.25, -0.2) is 4.98 Å². The third-order valence-electron chi connectivity index (χ3n) is 4.85. The number of hydrogen-bond acceptors (Lipinski definition) is 5. The summed E-state index contributed by atoms with van der Waals surface area (Å²) in [4.78, 5) is 20.8. The van der Waals surface area contributed by atoms with Crippen molar-refractivity contribution in [3.8, 4) is 0 Å². The Kier molecular flexibility index (Phi) is 3.42. The molecule has 1 aromatic carbocycles. The lowest BCUT2D eigenvalue weighted by molar-refractivity contribution is 0.0835. The van der Waals surface area contributed by atoms with Crippen molar-refractivity contribution in [1.29, 1.82) is 0 Å². The number of carbonyl (C=O) groups excluding carboxylic acids is 1. The standard InChI is InChI=1S/C18H20N4O2/c1-21-14-6-4-3-5-13(14)18(24)22(2)16-10-19-17(9-15(16)21)20-11-7-12(23)8-11/h3-6,9-12,23H,7-8H2,1-2H3,(H,19,20)/t11-,12-. The second-order valence-corrected chi connectivity index (χ2v) is 6.47. The average Bonchev–Trinajstić information content (AvgIpc) is 2.65. The van der Waals surface area contributed by atoms with E-state index in [1.54, 1.807) is 18.1 Å². The number of amides is 1. The zero-order valence-corrected chi connectivity index (χ0v) is 13.7. The summed E-state index contributed by atoms with van der Waals surface area (Å²) in [6.45, 7) is 0. The number of aromatic nitrogens is 1. The number of nitrogens with zero attached hydrogens (tertiary/aromatic N) is 3. The van der Waals surface area contributed by atoms with Crippen molar-refractivity contribution in [2.75, 3.05) is 29.2 Å². The average molecular weight is 324 g/mol. The molecule has 2 N–H and O–H groups in total. The minimum absolute atomic E-state index is 0.0409. The molecule has 24 heavy (non-hydrogen) atoms. The fourth-order valence-electron chi connectivity index (χ4n) is 3.33. The van der Waals surface area contributed by atoms with Gasteiger partial charge >= 0.3 is 0 Å². The van der Waals surface area contributed by atoms with Gasteiger partial charge in [0, 0.05) is 26.2 Å². The highest BCUT2D eigenvalue weighted by Gasteiger charge is 2.30. The van der Waals surface area contributed by atoms with Crippen LogP contribution in [-0.2, 0) is 0 Å². The SMILES string of the molecule is CN1C(=O)c2ccccc2N(C)c2cc(N[C@H]3C[C@H](O)C3)ncc21. The molecule has 0 unspecified atom stereocenters. The Labute approximate surface area is 140 Å². The first-order valence-electron chi connectivity index (χ1n) is 8.10. The third-order valence-corrected chi connectivity index (χ3v) is 4.85. The number of benzene rings is 1. The van der Waals surface area contributed by atoms with E-state index in [0.29, 0.717) is 5.56 Å². The van der Waals surface area contributed by atoms with Crippen molar-refractivity contribution in [2.45, 2.75) is 25.0 Å². The Morgan fingerprint density at radius 2 is 1.88 bits per heavy atom. The van der Waals surface area contributed by atoms with Crippen LogP contribution in [0.4, 0.5) is 22.9 Å². The van der Waals surface area contributed by atoms with Gasteiger partial charge in [-0.3, -0.25) is 4.79 Å². The lowest BCUT2D eigenvalue weighted by atomic mass is 9.89. The van der Waals surface area contributed by atoms with Gasteiger partial charge in [0.15, 0.2) is 0 Å². The summed E-state index contributed by atoms with van der Waals surface area (Å²) in [6.07, 6.45) is 3.01. The molecule has 0 bridgehead atoms. The lowest BCUT2D eigenvalue weighted by Gasteiger charge is -2.32. The second kappa shape index (κ2) is 5.49. The summed E-state index contributed by atoms with van der Waals surface area (Å²) in [5, 5.41) is 12.8. The molecule has 6 nitrogen and oxygen atoms in total. The van der Waals surface area contributed by atoms with E-state index < -0.39 is 0 Å². The van der Waals surface area contributed by atoms with E-state index in [9.17, 15) is 9.90 Å². The third kappa shape index (κ3) is 2.30. The van der Waals surface area contributed by atoms with Crippen LogP contribution in [-0.4, -0.2) is 42.2 Å². The molecular formula is C18H20N4O2. The van der Waals surface area contributed by atoms with E-state index in [2.05, 4.69) is 10.3 Å². The summed E-state index contributed by atoms with van der Waals surface area (Å²) < 4.78 is 0. The Bertz CT molecular complexity index is 801. The molecule has 1 amide bonds. The zero-order chi connectivity index (χ0) is 16.8. The van der Waals surface area contributed by atoms with Crippen LogP contribution in [0.3, 0.4) is 0 Å². The molecule has 0 atom stereocenters. The van der Waals surface area contributed by atoms with Gasteiger partial charge in [0.05, 0.1) is 34.9 Å². The first-order chi connectivity index (χ1) is 11.5. The van der Waals surface area contributed by atoms with Crippen LogP contribution in [0.2, 0.25) is 0 Å². The van der Waals surface area contributed by atoms with Gasteiger partial charge < -0.3 is 20.2 Å². The number of nitrogens with one attached hydrogen (secondary N) is 1. The van der Waals surface area contributed by atoms with Gasteiger partial charge in [-0.05, 0) is 25.0 Å². The molecular weight excluding hydrogens is 304 g/mol. The first-order valence-corrected chi connectivity index (χ1v) is 8.10. The lowest BCUT2D eigenvalue weighted by Crippen LogP contribution is -2.39. The summed E-state index contributed by atoms with van der Waals surface area (Å²) in [7, 11) is 3.73. The van der Waals surface area contributed by atoms with E-state index in [0.717, 1.165) is 35.7 Å². The molecule has 0 radical (unpaired) electrons. The minimum Gasteiger partial charge on any atom is -0.393 e. The molecule has 1 fully saturated rings. The van der Waals surface area contributed by atoms with Crippen LogP contribution in [0.15, 0.2) is 36.5 Å². The molecule has 1 saturated carbocycles. The van der Waals surface area contributed by atoms with Gasteiger partial charge in [-0.15, -0.1) is 0 Å². The molecule has 4 rings (SSSR count). The van der Waals surface area contributed by atoms with Crippen LogP contribution in [0.1, 0.15) is 23.2 Å². The van der Waals surface area contributed by atoms with Gasteiger partial charge in [-0.1, -0.05) is 12.1 Å². The number of rotatable bonds is 2. The van der Waals surface area contributed by atoms with Gasteiger partial charge in [-0.2, -0.15) is 0 Å². The van der Waals surface area contributed by atoms with Crippen LogP contribution < -0.4 is 15.1 Å². The second-order valence-electron chi connectivity index (χ2n) is 6.47. The number of pyridine rings is 1. The first kappa shape index (κ1) is 15.0. The van der Waals surface area contributed by atoms with E-state index in [-0.39, 0.29) is 18.1 Å². The molecule has 0 saturated heterocycles. The molecule has 124 valence electrons. The summed E-state index contributed by atoms with van der Waals surface area (Å²) in [5.74, 6) is 0.721. The van der Waals surface area contributed by atoms with E-state index in [1.165, 1.54) is 0 Å². The molecule has 1 aromatic heterocycles. The maximum absolute atomic E-state index is 12.7. The predicted molar refractivity (Wildman–Crippen MR) is 94.1 cm³/mol. The molecule has 0 spiro atoms. The normalized spacial score (nSPS) is 22.4. The highest BCUT2D eigenvalue weighted by Crippen LogP contribution is 2.40. The fourth-order valence-corrected chi connectivity index (χ4v) is 3.33. The maximum atomic E-state index is 12.7. The minimum atomic E-state index is -0.207. The number of fused-ring (bicyclic) bond motifs is 2. The quantitative estimate of drug-likeness (QED) is 0.888. The summed E-state index contributed by atoms with van der Waals surface area (Å²) >= 11 is 0. The van der Waals surface area contributed by atoms with Crippen LogP contribution >= 0.6 is 0 Å². The van der Waals surface area contributed by atoms with Crippen molar-refractivity contribution >= 4 is 28.8 Å². The Balaban J connectivity index is 1.74. The van der Waals surface area contributed by atoms with Crippen molar-refractivity contribution in [3.63, 3.8) is 0 Å². The van der Waals surface area contributed by atoms with Crippen molar-refractivity contribution in [1.82, 2.24) is 4.98 Å². The number of carbonyl (C=O) groups is 1. The van der Waals surface area contributed by atoms with Crippen LogP contribution in [0.25, 0.3) is 0 Å². The summed E-state index contributed by atoms with van der Waals surface area (Å²) in [5.41, 5.74) is 3.26. The monoisotopic (exact) mass is 324 g/mol. The summed E-state index contributed by atoms with van der Waals surface area (Å²) in [6, 6.07) is 9.83. The highest BCUT2D eigenvalue weighted by atomic mass is 16.3. The Morgan fingerprint density at radius 3 is 2.62 bits per heavy atom. The van der Waals surface area contributed by atoms with Crippen LogP contribution in [0, 0.1) is 0 Å². The largest absolute Gasteiger partial charge is 0.393 e. The Morgan fingerprint density at radius 1 is 1.12 bits per heavy atom. The molecule has 1 aliphatic heterocycles. The molecule has 6 heteroatoms. The molecule has 2 aromatic rings. The molecule has 1 aliphatic carbocycles. The van der Waals surface area contributed by atoms with Crippen molar-refractivity contribution in [2.24, 2.45) is 0 Å². The zero-order valence-electron chi connectivity index (χ0n) is 13.7. The molecule has 2 heterocycles. The fraction of sp³-hybridized carbons (Fsp3) is 0.333. The van der Waals surface area contributed by atoms with E-state index in [4.69, 9.17) is 0 Å². The predicted octanol–water partition coefficient (Wildman–Crippen LogP) is 2.37. The maximum Gasteiger partial charge on any atom is 0.260 e. The number of para-hydroxylation sites is 1. The highest BCUT2D eigenvalue weighted by molar-refractivity contribution is 6.13. The van der Waals surface area contributed by atoms with E-state index in [1.807, 2.05) is 42.3 Å². The Hall–Kier alpha value is -2.60. The number of hydrogen-bond donors (Lipinski definition) is 2. The van der Waals surface area contributed by atoms with Gasteiger partial charge in [0.25, 0.3) is 5.91 Å². The van der Waals surface area contributed by atoms with Crippen LogP contribution in [0.5, 0.6) is 0 Å². The van der Waals surface area contributed by atoms with E-state index >= 15 is 0 Å². The number of anilines is 4. The molecule has 2 aliphatic rings. The smallest absolute Gasteiger partial charge is 0.260 e. The van der Waals surface area contributed by atoms with Crippen molar-refractivity contribution < 1.29 is 9.90 Å². The number of aliphatic hydroxyl groups is 1. The van der Waals surface area contributed by atoms with Crippen molar-refractivity contribution in [3.05, 3.63) is 42.1 Å².